The summed E-state index contributed by atoms with van der Waals surface area (Å²) in [5.41, 5.74) is 0.992. The monoisotopic (exact) mass is 319 g/mol. The SMILES string of the molecule is CCOc1ccc(CNC(=O)Cc2cccs2)cc1OCC. The van der Waals surface area contributed by atoms with Gasteiger partial charge in [-0.2, -0.15) is 0 Å². The smallest absolute Gasteiger partial charge is 0.225 e. The van der Waals surface area contributed by atoms with Crippen molar-refractivity contribution in [2.75, 3.05) is 13.2 Å². The number of hydrogen-bond acceptors (Lipinski definition) is 4. The Morgan fingerprint density at radius 2 is 1.91 bits per heavy atom. The largest absolute Gasteiger partial charge is 0.490 e. The maximum Gasteiger partial charge on any atom is 0.225 e. The van der Waals surface area contributed by atoms with Crippen molar-refractivity contribution in [2.24, 2.45) is 0 Å². The molecule has 0 fully saturated rings. The van der Waals surface area contributed by atoms with Gasteiger partial charge in [0.15, 0.2) is 11.5 Å². The molecule has 4 nitrogen and oxygen atoms in total. The van der Waals surface area contributed by atoms with Crippen LogP contribution in [0.2, 0.25) is 0 Å². The molecule has 0 unspecified atom stereocenters. The van der Waals surface area contributed by atoms with Crippen molar-refractivity contribution in [1.29, 1.82) is 0 Å². The van der Waals surface area contributed by atoms with Crippen LogP contribution in [0.15, 0.2) is 35.7 Å². The van der Waals surface area contributed by atoms with Crippen LogP contribution in [0.5, 0.6) is 11.5 Å². The predicted octanol–water partition coefficient (Wildman–Crippen LogP) is 3.40. The molecule has 0 saturated heterocycles. The van der Waals surface area contributed by atoms with Gasteiger partial charge in [0.2, 0.25) is 5.91 Å². The molecule has 0 aliphatic carbocycles. The maximum atomic E-state index is 11.9. The minimum absolute atomic E-state index is 0.0225. The van der Waals surface area contributed by atoms with Crippen LogP contribution in [-0.4, -0.2) is 19.1 Å². The van der Waals surface area contributed by atoms with Gasteiger partial charge in [-0.25, -0.2) is 0 Å². The average Bonchev–Trinajstić information content (AvgIpc) is 3.01. The van der Waals surface area contributed by atoms with E-state index in [1.165, 1.54) is 0 Å². The fourth-order valence-electron chi connectivity index (χ4n) is 2.04. The van der Waals surface area contributed by atoms with Gasteiger partial charge in [-0.05, 0) is 43.0 Å². The zero-order valence-electron chi connectivity index (χ0n) is 12.9. The number of nitrogens with one attached hydrogen (secondary N) is 1. The predicted molar refractivity (Wildman–Crippen MR) is 88.6 cm³/mol. The molecule has 0 aliphatic rings. The van der Waals surface area contributed by atoms with Crippen molar-refractivity contribution in [3.05, 3.63) is 46.2 Å². The molecule has 1 aromatic carbocycles. The molecule has 118 valence electrons. The lowest BCUT2D eigenvalue weighted by Crippen LogP contribution is -2.24. The molecular weight excluding hydrogens is 298 g/mol. The van der Waals surface area contributed by atoms with Crippen molar-refractivity contribution < 1.29 is 14.3 Å². The van der Waals surface area contributed by atoms with Gasteiger partial charge in [0.1, 0.15) is 0 Å². The van der Waals surface area contributed by atoms with Crippen molar-refractivity contribution in [2.45, 2.75) is 26.8 Å². The number of benzene rings is 1. The van der Waals surface area contributed by atoms with Crippen LogP contribution in [0, 0.1) is 0 Å². The molecule has 1 aromatic heterocycles. The number of ether oxygens (including phenoxy) is 2. The number of carbonyl (C=O) groups is 1. The normalized spacial score (nSPS) is 10.3. The highest BCUT2D eigenvalue weighted by Crippen LogP contribution is 2.28. The number of rotatable bonds is 8. The molecular formula is C17H21NO3S. The van der Waals surface area contributed by atoms with E-state index in [4.69, 9.17) is 9.47 Å². The molecule has 2 rings (SSSR count). The minimum atomic E-state index is 0.0225. The lowest BCUT2D eigenvalue weighted by Gasteiger charge is -2.12. The van der Waals surface area contributed by atoms with Crippen LogP contribution in [-0.2, 0) is 17.8 Å². The molecule has 1 amide bonds. The summed E-state index contributed by atoms with van der Waals surface area (Å²) < 4.78 is 11.1. The molecule has 0 saturated carbocycles. The average molecular weight is 319 g/mol. The standard InChI is InChI=1S/C17H21NO3S/c1-3-20-15-8-7-13(10-16(15)21-4-2)12-18-17(19)11-14-6-5-9-22-14/h5-10H,3-4,11-12H2,1-2H3,(H,18,19). The number of amides is 1. The van der Waals surface area contributed by atoms with E-state index in [0.29, 0.717) is 31.9 Å². The Bertz CT molecular complexity index is 596. The van der Waals surface area contributed by atoms with E-state index in [-0.39, 0.29) is 5.91 Å². The highest BCUT2D eigenvalue weighted by atomic mass is 32.1. The third-order valence-corrected chi connectivity index (χ3v) is 3.89. The van der Waals surface area contributed by atoms with Gasteiger partial charge in [-0.3, -0.25) is 4.79 Å². The lowest BCUT2D eigenvalue weighted by atomic mass is 10.2. The van der Waals surface area contributed by atoms with Gasteiger partial charge in [0.25, 0.3) is 0 Å². The summed E-state index contributed by atoms with van der Waals surface area (Å²) in [6.07, 6.45) is 0.424. The topological polar surface area (TPSA) is 47.6 Å². The van der Waals surface area contributed by atoms with E-state index in [1.54, 1.807) is 11.3 Å². The summed E-state index contributed by atoms with van der Waals surface area (Å²) in [5.74, 6) is 1.47. The Kier molecular flexibility index (Phi) is 6.27. The summed E-state index contributed by atoms with van der Waals surface area (Å²) >= 11 is 1.59. The summed E-state index contributed by atoms with van der Waals surface area (Å²) in [6.45, 7) is 5.53. The van der Waals surface area contributed by atoms with Gasteiger partial charge in [-0.15, -0.1) is 11.3 Å². The first kappa shape index (κ1) is 16.4. The third kappa shape index (κ3) is 4.77. The van der Waals surface area contributed by atoms with E-state index >= 15 is 0 Å². The summed E-state index contributed by atoms with van der Waals surface area (Å²) in [4.78, 5) is 13.0. The van der Waals surface area contributed by atoms with Crippen molar-refractivity contribution in [1.82, 2.24) is 5.32 Å². The number of carbonyl (C=O) groups excluding carboxylic acids is 1. The van der Waals surface area contributed by atoms with Crippen LogP contribution >= 0.6 is 11.3 Å². The highest BCUT2D eigenvalue weighted by Gasteiger charge is 2.08. The molecule has 1 N–H and O–H groups in total. The van der Waals surface area contributed by atoms with Crippen molar-refractivity contribution in [3.63, 3.8) is 0 Å². The first-order chi connectivity index (χ1) is 10.7. The third-order valence-electron chi connectivity index (χ3n) is 3.01. The van der Waals surface area contributed by atoms with Crippen LogP contribution in [0.4, 0.5) is 0 Å². The Labute approximate surface area is 135 Å². The fraction of sp³-hybridized carbons (Fsp3) is 0.353. The van der Waals surface area contributed by atoms with Crippen LogP contribution in [0.3, 0.4) is 0 Å². The molecule has 2 aromatic rings. The van der Waals surface area contributed by atoms with E-state index in [2.05, 4.69) is 5.32 Å². The minimum Gasteiger partial charge on any atom is -0.490 e. The second-order valence-corrected chi connectivity index (χ2v) is 5.71. The molecule has 1 heterocycles. The van der Waals surface area contributed by atoms with Crippen LogP contribution in [0.1, 0.15) is 24.3 Å². The van der Waals surface area contributed by atoms with E-state index in [1.807, 2.05) is 49.6 Å². The van der Waals surface area contributed by atoms with E-state index in [0.717, 1.165) is 16.2 Å². The Morgan fingerprint density at radius 1 is 1.14 bits per heavy atom. The van der Waals surface area contributed by atoms with Gasteiger partial charge in [-0.1, -0.05) is 12.1 Å². The molecule has 5 heteroatoms. The van der Waals surface area contributed by atoms with E-state index in [9.17, 15) is 4.79 Å². The van der Waals surface area contributed by atoms with Crippen LogP contribution < -0.4 is 14.8 Å². The zero-order valence-corrected chi connectivity index (χ0v) is 13.7. The molecule has 0 atom stereocenters. The first-order valence-corrected chi connectivity index (χ1v) is 8.28. The lowest BCUT2D eigenvalue weighted by molar-refractivity contribution is -0.120. The summed E-state index contributed by atoms with van der Waals surface area (Å²) in [6, 6.07) is 9.66. The highest BCUT2D eigenvalue weighted by molar-refractivity contribution is 7.10. The molecule has 0 aliphatic heterocycles. The second kappa shape index (κ2) is 8.44. The number of hydrogen-bond donors (Lipinski definition) is 1. The second-order valence-electron chi connectivity index (χ2n) is 4.68. The quantitative estimate of drug-likeness (QED) is 0.811. The Balaban J connectivity index is 1.94. The molecule has 22 heavy (non-hydrogen) atoms. The summed E-state index contributed by atoms with van der Waals surface area (Å²) in [5, 5.41) is 4.91. The Hall–Kier alpha value is -2.01. The maximum absolute atomic E-state index is 11.9. The fourth-order valence-corrected chi connectivity index (χ4v) is 2.74. The van der Waals surface area contributed by atoms with Gasteiger partial charge in [0, 0.05) is 11.4 Å². The Morgan fingerprint density at radius 3 is 2.59 bits per heavy atom. The van der Waals surface area contributed by atoms with Crippen molar-refractivity contribution >= 4 is 17.2 Å². The van der Waals surface area contributed by atoms with Crippen LogP contribution in [0.25, 0.3) is 0 Å². The number of thiophene rings is 1. The summed E-state index contributed by atoms with van der Waals surface area (Å²) in [7, 11) is 0. The van der Waals surface area contributed by atoms with Gasteiger partial charge >= 0.3 is 0 Å². The first-order valence-electron chi connectivity index (χ1n) is 7.40. The molecule has 0 bridgehead atoms. The van der Waals surface area contributed by atoms with E-state index < -0.39 is 0 Å². The van der Waals surface area contributed by atoms with Gasteiger partial charge < -0.3 is 14.8 Å². The zero-order chi connectivity index (χ0) is 15.8. The molecule has 0 radical (unpaired) electrons. The van der Waals surface area contributed by atoms with Gasteiger partial charge in [0.05, 0.1) is 19.6 Å². The van der Waals surface area contributed by atoms with Crippen molar-refractivity contribution in [3.8, 4) is 11.5 Å². The molecule has 0 spiro atoms.